The zero-order chi connectivity index (χ0) is 16.7. The Balaban J connectivity index is 1.70. The molecule has 2 N–H and O–H groups in total. The number of nitrogens with one attached hydrogen (secondary N) is 2. The van der Waals surface area contributed by atoms with E-state index in [9.17, 15) is 9.59 Å². The molecule has 1 saturated heterocycles. The maximum Gasteiger partial charge on any atom is 0.220 e. The molecule has 1 aromatic carbocycles. The quantitative estimate of drug-likeness (QED) is 0.757. The molecule has 0 spiro atoms. The number of rotatable bonds is 7. The van der Waals surface area contributed by atoms with Crippen molar-refractivity contribution in [1.29, 1.82) is 0 Å². The molecule has 1 heterocycles. The lowest BCUT2D eigenvalue weighted by atomic mass is 9.99. The van der Waals surface area contributed by atoms with Crippen LogP contribution in [0.2, 0.25) is 0 Å². The smallest absolute Gasteiger partial charge is 0.220 e. The van der Waals surface area contributed by atoms with Crippen LogP contribution >= 0.6 is 0 Å². The number of benzene rings is 1. The molecule has 1 fully saturated rings. The van der Waals surface area contributed by atoms with E-state index in [-0.39, 0.29) is 17.7 Å². The number of methoxy groups -OCH3 is 1. The van der Waals surface area contributed by atoms with E-state index in [0.29, 0.717) is 30.9 Å². The van der Waals surface area contributed by atoms with Crippen molar-refractivity contribution >= 4 is 11.7 Å². The average Bonchev–Trinajstić information content (AvgIpc) is 2.57. The van der Waals surface area contributed by atoms with Gasteiger partial charge in [-0.25, -0.2) is 0 Å². The van der Waals surface area contributed by atoms with Gasteiger partial charge in [0.05, 0.1) is 7.11 Å². The van der Waals surface area contributed by atoms with Gasteiger partial charge < -0.3 is 15.4 Å². The van der Waals surface area contributed by atoms with Crippen molar-refractivity contribution in [2.75, 3.05) is 13.7 Å². The number of piperidine rings is 1. The summed E-state index contributed by atoms with van der Waals surface area (Å²) in [7, 11) is 1.60. The van der Waals surface area contributed by atoms with Crippen LogP contribution in [-0.2, 0) is 4.79 Å². The lowest BCUT2D eigenvalue weighted by molar-refractivity contribution is -0.122. The number of Topliss-reactive ketones (excluding diaryl/α,β-unsaturated/α-hetero) is 1. The maximum atomic E-state index is 12.1. The van der Waals surface area contributed by atoms with Gasteiger partial charge in [0.25, 0.3) is 0 Å². The van der Waals surface area contributed by atoms with Gasteiger partial charge in [-0.15, -0.1) is 0 Å². The summed E-state index contributed by atoms with van der Waals surface area (Å²) in [6.45, 7) is 3.11. The number of ketones is 1. The second-order valence-corrected chi connectivity index (χ2v) is 6.06. The third-order valence-corrected chi connectivity index (χ3v) is 4.33. The van der Waals surface area contributed by atoms with Crippen LogP contribution in [0.5, 0.6) is 5.75 Å². The van der Waals surface area contributed by atoms with Crippen LogP contribution in [0.15, 0.2) is 24.3 Å². The first-order valence-corrected chi connectivity index (χ1v) is 8.30. The molecule has 1 amide bonds. The van der Waals surface area contributed by atoms with Gasteiger partial charge in [0, 0.05) is 30.5 Å². The Morgan fingerprint density at radius 1 is 1.26 bits per heavy atom. The molecule has 1 aliphatic rings. The highest BCUT2D eigenvalue weighted by atomic mass is 16.5. The topological polar surface area (TPSA) is 67.4 Å². The molecule has 2 rings (SSSR count). The number of carbonyl (C=O) groups excluding carboxylic acids is 2. The number of hydrogen-bond donors (Lipinski definition) is 2. The molecule has 0 aromatic heterocycles. The zero-order valence-electron chi connectivity index (χ0n) is 13.9. The predicted molar refractivity (Wildman–Crippen MR) is 89.8 cm³/mol. The molecule has 23 heavy (non-hydrogen) atoms. The Labute approximate surface area is 137 Å². The van der Waals surface area contributed by atoms with E-state index in [4.69, 9.17) is 4.74 Å². The predicted octanol–water partition coefficient (Wildman–Crippen LogP) is 2.30. The van der Waals surface area contributed by atoms with Crippen LogP contribution in [0.3, 0.4) is 0 Å². The summed E-state index contributed by atoms with van der Waals surface area (Å²) in [5.41, 5.74) is 0.663. The number of amides is 1. The molecule has 5 heteroatoms. The molecule has 126 valence electrons. The lowest BCUT2D eigenvalue weighted by Crippen LogP contribution is -2.51. The summed E-state index contributed by atoms with van der Waals surface area (Å²) >= 11 is 0. The Kier molecular flexibility index (Phi) is 6.59. The normalized spacial score (nSPS) is 20.8. The summed E-state index contributed by atoms with van der Waals surface area (Å²) in [4.78, 5) is 24.1. The van der Waals surface area contributed by atoms with Crippen LogP contribution in [0.25, 0.3) is 0 Å². The van der Waals surface area contributed by atoms with Gasteiger partial charge in [-0.3, -0.25) is 9.59 Å². The minimum Gasteiger partial charge on any atom is -0.497 e. The summed E-state index contributed by atoms with van der Waals surface area (Å²) in [5, 5.41) is 6.43. The van der Waals surface area contributed by atoms with Gasteiger partial charge in [-0.2, -0.15) is 0 Å². The SMILES string of the molecule is COc1ccc(C(=O)CCCC(=O)NC2CCCNC2C)cc1. The molecular weight excluding hydrogens is 292 g/mol. The van der Waals surface area contributed by atoms with E-state index in [2.05, 4.69) is 17.6 Å². The molecule has 2 unspecified atom stereocenters. The highest BCUT2D eigenvalue weighted by Crippen LogP contribution is 2.14. The third-order valence-electron chi connectivity index (χ3n) is 4.33. The van der Waals surface area contributed by atoms with Crippen molar-refractivity contribution in [3.63, 3.8) is 0 Å². The van der Waals surface area contributed by atoms with E-state index in [0.717, 1.165) is 25.1 Å². The van der Waals surface area contributed by atoms with Crippen LogP contribution in [0.1, 0.15) is 49.4 Å². The first-order valence-electron chi connectivity index (χ1n) is 8.30. The van der Waals surface area contributed by atoms with E-state index in [1.54, 1.807) is 31.4 Å². The number of carbonyl (C=O) groups is 2. The van der Waals surface area contributed by atoms with Crippen LogP contribution in [-0.4, -0.2) is 37.4 Å². The van der Waals surface area contributed by atoms with Gasteiger partial charge in [0.1, 0.15) is 5.75 Å². The number of ether oxygens (including phenoxy) is 1. The highest BCUT2D eigenvalue weighted by molar-refractivity contribution is 5.96. The summed E-state index contributed by atoms with van der Waals surface area (Å²) in [6.07, 6.45) is 3.46. The van der Waals surface area contributed by atoms with Crippen molar-refractivity contribution in [2.45, 2.75) is 51.1 Å². The summed E-state index contributed by atoms with van der Waals surface area (Å²) in [6, 6.07) is 7.59. The van der Waals surface area contributed by atoms with Crippen molar-refractivity contribution in [3.05, 3.63) is 29.8 Å². The van der Waals surface area contributed by atoms with Gasteiger partial charge in [-0.05, 0) is 57.0 Å². The van der Waals surface area contributed by atoms with Gasteiger partial charge in [-0.1, -0.05) is 0 Å². The molecule has 0 bridgehead atoms. The van der Waals surface area contributed by atoms with Gasteiger partial charge in [0.15, 0.2) is 5.78 Å². The molecule has 0 aliphatic carbocycles. The standard InChI is InChI=1S/C18H26N2O3/c1-13-16(5-4-12-19-13)20-18(22)7-3-6-17(21)14-8-10-15(23-2)11-9-14/h8-11,13,16,19H,3-7,12H2,1-2H3,(H,20,22). The Bertz CT molecular complexity index is 528. The fourth-order valence-electron chi connectivity index (χ4n) is 2.85. The van der Waals surface area contributed by atoms with Gasteiger partial charge in [0.2, 0.25) is 5.91 Å². The minimum absolute atomic E-state index is 0.0353. The fraction of sp³-hybridized carbons (Fsp3) is 0.556. The lowest BCUT2D eigenvalue weighted by Gasteiger charge is -2.30. The maximum absolute atomic E-state index is 12.1. The zero-order valence-corrected chi connectivity index (χ0v) is 13.9. The minimum atomic E-state index is 0.0353. The Hall–Kier alpha value is -1.88. The van der Waals surface area contributed by atoms with Crippen molar-refractivity contribution in [3.8, 4) is 5.75 Å². The monoisotopic (exact) mass is 318 g/mol. The van der Waals surface area contributed by atoms with Crippen molar-refractivity contribution in [1.82, 2.24) is 10.6 Å². The van der Waals surface area contributed by atoms with E-state index in [1.165, 1.54) is 0 Å². The second-order valence-electron chi connectivity index (χ2n) is 6.06. The Morgan fingerprint density at radius 3 is 2.65 bits per heavy atom. The highest BCUT2D eigenvalue weighted by Gasteiger charge is 2.22. The molecular formula is C18H26N2O3. The molecule has 5 nitrogen and oxygen atoms in total. The first-order chi connectivity index (χ1) is 11.1. The van der Waals surface area contributed by atoms with Gasteiger partial charge >= 0.3 is 0 Å². The van der Waals surface area contributed by atoms with E-state index >= 15 is 0 Å². The largest absolute Gasteiger partial charge is 0.497 e. The van der Waals surface area contributed by atoms with Crippen molar-refractivity contribution < 1.29 is 14.3 Å². The number of hydrogen-bond acceptors (Lipinski definition) is 4. The molecule has 2 atom stereocenters. The van der Waals surface area contributed by atoms with Crippen LogP contribution in [0, 0.1) is 0 Å². The van der Waals surface area contributed by atoms with Crippen LogP contribution < -0.4 is 15.4 Å². The molecule has 0 radical (unpaired) electrons. The third kappa shape index (κ3) is 5.36. The van der Waals surface area contributed by atoms with Crippen LogP contribution in [0.4, 0.5) is 0 Å². The molecule has 0 saturated carbocycles. The Morgan fingerprint density at radius 2 is 2.00 bits per heavy atom. The van der Waals surface area contributed by atoms with Crippen molar-refractivity contribution in [2.24, 2.45) is 0 Å². The second kappa shape index (κ2) is 8.67. The molecule has 1 aliphatic heterocycles. The van der Waals surface area contributed by atoms with E-state index in [1.807, 2.05) is 0 Å². The van der Waals surface area contributed by atoms with E-state index < -0.39 is 0 Å². The first kappa shape index (κ1) is 17.5. The summed E-state index contributed by atoms with van der Waals surface area (Å²) in [5.74, 6) is 0.831. The average molecular weight is 318 g/mol. The summed E-state index contributed by atoms with van der Waals surface area (Å²) < 4.78 is 5.07. The fourth-order valence-corrected chi connectivity index (χ4v) is 2.85. The molecule has 1 aromatic rings.